The molecular weight excluding hydrogens is 310 g/mol. The number of rotatable bonds is 6. The SMILES string of the molecule is NC(=O)[C@H](OC(=O)CCc1ccc2c(c1)OCO2)c1ccccc1. The zero-order valence-electron chi connectivity index (χ0n) is 12.9. The summed E-state index contributed by atoms with van der Waals surface area (Å²) in [5.74, 6) is 0.178. The highest BCUT2D eigenvalue weighted by molar-refractivity contribution is 5.83. The number of carbonyl (C=O) groups excluding carboxylic acids is 2. The van der Waals surface area contributed by atoms with Gasteiger partial charge in [0.1, 0.15) is 0 Å². The van der Waals surface area contributed by atoms with Gasteiger partial charge in [0, 0.05) is 12.0 Å². The van der Waals surface area contributed by atoms with Crippen molar-refractivity contribution in [2.75, 3.05) is 6.79 Å². The molecule has 0 spiro atoms. The molecule has 2 N–H and O–H groups in total. The normalized spacial score (nSPS) is 13.3. The Balaban J connectivity index is 1.59. The highest BCUT2D eigenvalue weighted by Gasteiger charge is 2.22. The van der Waals surface area contributed by atoms with E-state index in [-0.39, 0.29) is 13.2 Å². The lowest BCUT2D eigenvalue weighted by atomic mass is 10.1. The van der Waals surface area contributed by atoms with E-state index in [1.807, 2.05) is 18.2 Å². The maximum Gasteiger partial charge on any atom is 0.307 e. The number of benzene rings is 2. The summed E-state index contributed by atoms with van der Waals surface area (Å²) in [5.41, 5.74) is 6.82. The first kappa shape index (κ1) is 15.9. The van der Waals surface area contributed by atoms with E-state index < -0.39 is 18.0 Å². The zero-order chi connectivity index (χ0) is 16.9. The molecule has 0 unspecified atom stereocenters. The Kier molecular flexibility index (Phi) is 4.65. The van der Waals surface area contributed by atoms with E-state index in [1.54, 1.807) is 30.3 Å². The van der Waals surface area contributed by atoms with Gasteiger partial charge in [-0.05, 0) is 24.1 Å². The molecule has 0 aromatic heterocycles. The van der Waals surface area contributed by atoms with Crippen molar-refractivity contribution < 1.29 is 23.8 Å². The Labute approximate surface area is 139 Å². The van der Waals surface area contributed by atoms with Gasteiger partial charge in [-0.25, -0.2) is 0 Å². The second-order valence-electron chi connectivity index (χ2n) is 5.37. The molecule has 0 saturated heterocycles. The summed E-state index contributed by atoms with van der Waals surface area (Å²) >= 11 is 0. The van der Waals surface area contributed by atoms with E-state index >= 15 is 0 Å². The largest absolute Gasteiger partial charge is 0.454 e. The molecule has 0 fully saturated rings. The summed E-state index contributed by atoms with van der Waals surface area (Å²) in [5, 5.41) is 0. The predicted molar refractivity (Wildman–Crippen MR) is 85.4 cm³/mol. The van der Waals surface area contributed by atoms with Gasteiger partial charge in [-0.1, -0.05) is 36.4 Å². The summed E-state index contributed by atoms with van der Waals surface area (Å²) < 4.78 is 15.8. The molecule has 0 radical (unpaired) electrons. The lowest BCUT2D eigenvalue weighted by Crippen LogP contribution is -2.26. The molecule has 1 heterocycles. The van der Waals surface area contributed by atoms with Crippen molar-refractivity contribution in [1.29, 1.82) is 0 Å². The number of nitrogens with two attached hydrogens (primary N) is 1. The first-order valence-electron chi connectivity index (χ1n) is 7.56. The van der Waals surface area contributed by atoms with Gasteiger partial charge in [0.2, 0.25) is 12.9 Å². The quantitative estimate of drug-likeness (QED) is 0.821. The van der Waals surface area contributed by atoms with E-state index in [1.165, 1.54) is 0 Å². The second-order valence-corrected chi connectivity index (χ2v) is 5.37. The summed E-state index contributed by atoms with van der Waals surface area (Å²) in [6.45, 7) is 0.207. The van der Waals surface area contributed by atoms with Gasteiger partial charge in [0.25, 0.3) is 5.91 Å². The summed E-state index contributed by atoms with van der Waals surface area (Å²) in [6.07, 6.45) is -0.470. The number of esters is 1. The first-order chi connectivity index (χ1) is 11.6. The molecule has 6 nitrogen and oxygen atoms in total. The third-order valence-electron chi connectivity index (χ3n) is 3.66. The summed E-state index contributed by atoms with van der Waals surface area (Å²) in [4.78, 5) is 23.6. The molecule has 6 heteroatoms. The van der Waals surface area contributed by atoms with Crippen LogP contribution in [-0.2, 0) is 20.7 Å². The minimum absolute atomic E-state index is 0.135. The topological polar surface area (TPSA) is 87.9 Å². The number of carbonyl (C=O) groups is 2. The molecule has 1 aliphatic rings. The van der Waals surface area contributed by atoms with Crippen molar-refractivity contribution in [2.24, 2.45) is 5.73 Å². The number of amides is 1. The average molecular weight is 327 g/mol. The van der Waals surface area contributed by atoms with Gasteiger partial charge >= 0.3 is 5.97 Å². The van der Waals surface area contributed by atoms with E-state index in [9.17, 15) is 9.59 Å². The Morgan fingerprint density at radius 3 is 2.58 bits per heavy atom. The Morgan fingerprint density at radius 1 is 1.08 bits per heavy atom. The molecular formula is C18H17NO5. The van der Waals surface area contributed by atoms with Gasteiger partial charge in [0.15, 0.2) is 11.5 Å². The van der Waals surface area contributed by atoms with Crippen LogP contribution in [0.5, 0.6) is 11.5 Å². The molecule has 1 atom stereocenters. The van der Waals surface area contributed by atoms with Crippen LogP contribution < -0.4 is 15.2 Å². The fraction of sp³-hybridized carbons (Fsp3) is 0.222. The van der Waals surface area contributed by atoms with Crippen LogP contribution in [0.1, 0.15) is 23.7 Å². The molecule has 2 aromatic rings. The third kappa shape index (κ3) is 3.65. The first-order valence-corrected chi connectivity index (χ1v) is 7.56. The second kappa shape index (κ2) is 7.04. The molecule has 124 valence electrons. The average Bonchev–Trinajstić information content (AvgIpc) is 3.06. The van der Waals surface area contributed by atoms with Gasteiger partial charge in [0.05, 0.1) is 0 Å². The van der Waals surface area contributed by atoms with Crippen molar-refractivity contribution in [3.05, 3.63) is 59.7 Å². The molecule has 3 rings (SSSR count). The minimum Gasteiger partial charge on any atom is -0.454 e. The Bertz CT molecular complexity index is 744. The maximum atomic E-state index is 12.1. The van der Waals surface area contributed by atoms with Crippen molar-refractivity contribution in [3.8, 4) is 11.5 Å². The molecule has 24 heavy (non-hydrogen) atoms. The van der Waals surface area contributed by atoms with Crippen LogP contribution in [0.25, 0.3) is 0 Å². The minimum atomic E-state index is -1.07. The lowest BCUT2D eigenvalue weighted by Gasteiger charge is -2.15. The molecule has 0 bridgehead atoms. The fourth-order valence-electron chi connectivity index (χ4n) is 2.45. The number of aryl methyl sites for hydroxylation is 1. The molecule has 0 aliphatic carbocycles. The number of primary amides is 1. The van der Waals surface area contributed by atoms with E-state index in [0.29, 0.717) is 23.5 Å². The Hall–Kier alpha value is -3.02. The van der Waals surface area contributed by atoms with Crippen LogP contribution in [0.3, 0.4) is 0 Å². The van der Waals surface area contributed by atoms with Gasteiger partial charge in [-0.15, -0.1) is 0 Å². The lowest BCUT2D eigenvalue weighted by molar-refractivity contribution is -0.155. The van der Waals surface area contributed by atoms with Crippen LogP contribution in [-0.4, -0.2) is 18.7 Å². The van der Waals surface area contributed by atoms with Gasteiger partial charge in [-0.2, -0.15) is 0 Å². The Morgan fingerprint density at radius 2 is 1.83 bits per heavy atom. The third-order valence-corrected chi connectivity index (χ3v) is 3.66. The monoisotopic (exact) mass is 327 g/mol. The van der Waals surface area contributed by atoms with Crippen LogP contribution in [0.4, 0.5) is 0 Å². The van der Waals surface area contributed by atoms with Crippen LogP contribution in [0.15, 0.2) is 48.5 Å². The van der Waals surface area contributed by atoms with E-state index in [0.717, 1.165) is 5.56 Å². The van der Waals surface area contributed by atoms with E-state index in [4.69, 9.17) is 19.9 Å². The highest BCUT2D eigenvalue weighted by Crippen LogP contribution is 2.32. The van der Waals surface area contributed by atoms with Gasteiger partial charge in [-0.3, -0.25) is 9.59 Å². The zero-order valence-corrected chi connectivity index (χ0v) is 12.9. The summed E-state index contributed by atoms with van der Waals surface area (Å²) in [7, 11) is 0. The van der Waals surface area contributed by atoms with Crippen LogP contribution >= 0.6 is 0 Å². The van der Waals surface area contributed by atoms with Crippen molar-refractivity contribution in [1.82, 2.24) is 0 Å². The van der Waals surface area contributed by atoms with Crippen molar-refractivity contribution in [2.45, 2.75) is 18.9 Å². The maximum absolute atomic E-state index is 12.1. The van der Waals surface area contributed by atoms with E-state index in [2.05, 4.69) is 0 Å². The predicted octanol–water partition coefficient (Wildman–Crippen LogP) is 2.12. The number of ether oxygens (including phenoxy) is 3. The molecule has 2 aromatic carbocycles. The van der Waals surface area contributed by atoms with Gasteiger partial charge < -0.3 is 19.9 Å². The van der Waals surface area contributed by atoms with Crippen molar-refractivity contribution in [3.63, 3.8) is 0 Å². The standard InChI is InChI=1S/C18H17NO5/c19-18(21)17(13-4-2-1-3-5-13)24-16(20)9-7-12-6-8-14-15(10-12)23-11-22-14/h1-6,8,10,17H,7,9,11H2,(H2,19,21)/t17-/m1/s1. The number of fused-ring (bicyclic) bond motifs is 1. The highest BCUT2D eigenvalue weighted by atomic mass is 16.7. The molecule has 1 amide bonds. The van der Waals surface area contributed by atoms with Crippen molar-refractivity contribution >= 4 is 11.9 Å². The smallest absolute Gasteiger partial charge is 0.307 e. The number of hydrogen-bond acceptors (Lipinski definition) is 5. The summed E-state index contributed by atoms with van der Waals surface area (Å²) in [6, 6.07) is 14.2. The van der Waals surface area contributed by atoms with Crippen LogP contribution in [0, 0.1) is 0 Å². The molecule has 0 saturated carbocycles. The molecule has 1 aliphatic heterocycles. The van der Waals surface area contributed by atoms with Crippen LogP contribution in [0.2, 0.25) is 0 Å². The number of hydrogen-bond donors (Lipinski definition) is 1. The fourth-order valence-corrected chi connectivity index (χ4v) is 2.45.